The van der Waals surface area contributed by atoms with E-state index in [4.69, 9.17) is 11.6 Å². The van der Waals surface area contributed by atoms with Crippen LogP contribution in [-0.4, -0.2) is 12.6 Å². The molecule has 0 radical (unpaired) electrons. The van der Waals surface area contributed by atoms with Crippen LogP contribution in [0.5, 0.6) is 0 Å². The second-order valence-corrected chi connectivity index (χ2v) is 2.40. The third kappa shape index (κ3) is 5.80. The molecule has 0 bridgehead atoms. The molecule has 0 aliphatic heterocycles. The quantitative estimate of drug-likeness (QED) is 0.654. The maximum absolute atomic E-state index is 10.9. The van der Waals surface area contributed by atoms with Crippen LogP contribution in [0.15, 0.2) is 23.4 Å². The van der Waals surface area contributed by atoms with Gasteiger partial charge in [0, 0.05) is 17.8 Å². The summed E-state index contributed by atoms with van der Waals surface area (Å²) in [7, 11) is 0. The van der Waals surface area contributed by atoms with Crippen LogP contribution in [0.25, 0.3) is 0 Å². The summed E-state index contributed by atoms with van der Waals surface area (Å²) in [6, 6.07) is -0.200. The number of halogens is 1. The molecular formula is C8H13ClN2O. The number of urea groups is 1. The normalized spacial score (nSPS) is 11.8. The molecule has 0 aromatic heterocycles. The molecule has 4 heteroatoms. The van der Waals surface area contributed by atoms with Crippen LogP contribution in [0, 0.1) is 0 Å². The molecule has 0 aliphatic rings. The van der Waals surface area contributed by atoms with Gasteiger partial charge >= 0.3 is 6.03 Å². The van der Waals surface area contributed by atoms with Crippen molar-refractivity contribution in [1.29, 1.82) is 0 Å². The third-order valence-corrected chi connectivity index (χ3v) is 1.21. The number of allylic oxidation sites excluding steroid dienone is 3. The molecule has 0 unspecified atom stereocenters. The molecule has 0 rings (SSSR count). The summed E-state index contributed by atoms with van der Waals surface area (Å²) in [5, 5.41) is 5.22. The molecule has 0 aliphatic carbocycles. The lowest BCUT2D eigenvalue weighted by Gasteiger charge is -2.04. The van der Waals surface area contributed by atoms with Crippen LogP contribution in [0.2, 0.25) is 0 Å². The first-order chi connectivity index (χ1) is 5.70. The van der Waals surface area contributed by atoms with E-state index in [-0.39, 0.29) is 6.03 Å². The Bertz CT molecular complexity index is 199. The van der Waals surface area contributed by atoms with Crippen molar-refractivity contribution in [3.05, 3.63) is 23.4 Å². The van der Waals surface area contributed by atoms with Crippen LogP contribution in [-0.2, 0) is 0 Å². The first-order valence-electron chi connectivity index (χ1n) is 3.69. The van der Waals surface area contributed by atoms with Crippen molar-refractivity contribution >= 4 is 17.6 Å². The van der Waals surface area contributed by atoms with Gasteiger partial charge < -0.3 is 10.6 Å². The van der Waals surface area contributed by atoms with Gasteiger partial charge in [-0.25, -0.2) is 4.79 Å². The van der Waals surface area contributed by atoms with Gasteiger partial charge in [-0.3, -0.25) is 0 Å². The number of amides is 2. The van der Waals surface area contributed by atoms with Gasteiger partial charge in [0.25, 0.3) is 0 Å². The van der Waals surface area contributed by atoms with E-state index in [1.807, 2.05) is 6.92 Å². The van der Waals surface area contributed by atoms with Crippen LogP contribution in [0.3, 0.4) is 0 Å². The minimum atomic E-state index is -0.200. The van der Waals surface area contributed by atoms with Crippen molar-refractivity contribution in [1.82, 2.24) is 10.6 Å². The van der Waals surface area contributed by atoms with Gasteiger partial charge in [-0.05, 0) is 26.0 Å². The summed E-state index contributed by atoms with van der Waals surface area (Å²) in [6.07, 6.45) is 3.35. The van der Waals surface area contributed by atoms with Crippen molar-refractivity contribution in [2.75, 3.05) is 6.54 Å². The summed E-state index contributed by atoms with van der Waals surface area (Å²) >= 11 is 5.29. The van der Waals surface area contributed by atoms with E-state index in [0.717, 1.165) is 5.70 Å². The van der Waals surface area contributed by atoms with Crippen molar-refractivity contribution in [2.24, 2.45) is 0 Å². The highest BCUT2D eigenvalue weighted by Gasteiger charge is 1.95. The van der Waals surface area contributed by atoms with Crippen molar-refractivity contribution in [2.45, 2.75) is 13.8 Å². The summed E-state index contributed by atoms with van der Waals surface area (Å²) in [5.41, 5.74) is 2.13. The highest BCUT2D eigenvalue weighted by molar-refractivity contribution is 6.25. The zero-order valence-electron chi connectivity index (χ0n) is 7.23. The molecule has 0 spiro atoms. The van der Waals surface area contributed by atoms with Crippen LogP contribution in [0.1, 0.15) is 13.8 Å². The Morgan fingerprint density at radius 2 is 2.25 bits per heavy atom. The lowest BCUT2D eigenvalue weighted by atomic mass is 10.4. The van der Waals surface area contributed by atoms with Gasteiger partial charge in [0.1, 0.15) is 0 Å². The Hall–Kier alpha value is -0.960. The molecular weight excluding hydrogens is 176 g/mol. The Labute approximate surface area is 77.5 Å². The van der Waals surface area contributed by atoms with Gasteiger partial charge in [-0.2, -0.15) is 0 Å². The Kier molecular flexibility index (Phi) is 6.19. The van der Waals surface area contributed by atoms with Gasteiger partial charge in [-0.1, -0.05) is 11.6 Å². The van der Waals surface area contributed by atoms with Gasteiger partial charge in [0.15, 0.2) is 0 Å². The number of hydrogen-bond donors (Lipinski definition) is 2. The van der Waals surface area contributed by atoms with E-state index in [0.29, 0.717) is 6.54 Å². The number of hydrogen-bond acceptors (Lipinski definition) is 1. The first-order valence-corrected chi connectivity index (χ1v) is 4.12. The van der Waals surface area contributed by atoms with E-state index >= 15 is 0 Å². The number of carbonyl (C=O) groups is 1. The zero-order chi connectivity index (χ0) is 9.40. The molecule has 12 heavy (non-hydrogen) atoms. The predicted octanol–water partition coefficient (Wildman–Crippen LogP) is 1.96. The monoisotopic (exact) mass is 188 g/mol. The molecule has 0 aromatic carbocycles. The smallest absolute Gasteiger partial charge is 0.318 e. The SMILES string of the molecule is CCNC(=O)N/C(C)=C/C=C/Cl. The Balaban J connectivity index is 3.82. The van der Waals surface area contributed by atoms with Crippen molar-refractivity contribution in [3.63, 3.8) is 0 Å². The first kappa shape index (κ1) is 11.0. The molecule has 0 fully saturated rings. The highest BCUT2D eigenvalue weighted by atomic mass is 35.5. The van der Waals surface area contributed by atoms with Crippen LogP contribution in [0.4, 0.5) is 4.79 Å². The van der Waals surface area contributed by atoms with Crippen LogP contribution < -0.4 is 10.6 Å². The molecule has 68 valence electrons. The summed E-state index contributed by atoms with van der Waals surface area (Å²) in [5.74, 6) is 0. The van der Waals surface area contributed by atoms with E-state index in [2.05, 4.69) is 10.6 Å². The summed E-state index contributed by atoms with van der Waals surface area (Å²) in [4.78, 5) is 10.9. The molecule has 0 aromatic rings. The fourth-order valence-corrected chi connectivity index (χ4v) is 0.679. The molecule has 3 nitrogen and oxygen atoms in total. The second-order valence-electron chi connectivity index (χ2n) is 2.15. The minimum absolute atomic E-state index is 0.200. The molecule has 0 heterocycles. The van der Waals surface area contributed by atoms with E-state index in [1.165, 1.54) is 5.54 Å². The number of rotatable bonds is 3. The lowest BCUT2D eigenvalue weighted by Crippen LogP contribution is -2.33. The molecule has 2 amide bonds. The zero-order valence-corrected chi connectivity index (χ0v) is 7.98. The van der Waals surface area contributed by atoms with E-state index < -0.39 is 0 Å². The Morgan fingerprint density at radius 3 is 2.75 bits per heavy atom. The van der Waals surface area contributed by atoms with Crippen molar-refractivity contribution in [3.8, 4) is 0 Å². The largest absolute Gasteiger partial charge is 0.338 e. The molecule has 0 saturated heterocycles. The Morgan fingerprint density at radius 1 is 1.58 bits per heavy atom. The lowest BCUT2D eigenvalue weighted by molar-refractivity contribution is 0.244. The molecule has 2 N–H and O–H groups in total. The fraction of sp³-hybridized carbons (Fsp3) is 0.375. The van der Waals surface area contributed by atoms with Gasteiger partial charge in [0.05, 0.1) is 0 Å². The summed E-state index contributed by atoms with van der Waals surface area (Å²) in [6.45, 7) is 4.26. The standard InChI is InChI=1S/C8H13ClN2O/c1-3-10-8(12)11-7(2)5-4-6-9/h4-6H,3H2,1-2H3,(H2,10,11,12)/b6-4+,7-5+. The fourth-order valence-electron chi connectivity index (χ4n) is 0.606. The average Bonchev–Trinajstić information content (AvgIpc) is 2.01. The number of nitrogens with one attached hydrogen (secondary N) is 2. The van der Waals surface area contributed by atoms with Crippen molar-refractivity contribution < 1.29 is 4.79 Å². The van der Waals surface area contributed by atoms with E-state index in [9.17, 15) is 4.79 Å². The average molecular weight is 189 g/mol. The number of carbonyl (C=O) groups excluding carboxylic acids is 1. The van der Waals surface area contributed by atoms with Crippen LogP contribution >= 0.6 is 11.6 Å². The molecule has 0 saturated carbocycles. The van der Waals surface area contributed by atoms with E-state index in [1.54, 1.807) is 19.1 Å². The third-order valence-electron chi connectivity index (χ3n) is 1.07. The van der Waals surface area contributed by atoms with Gasteiger partial charge in [0.2, 0.25) is 0 Å². The second kappa shape index (κ2) is 6.73. The van der Waals surface area contributed by atoms with Gasteiger partial charge in [-0.15, -0.1) is 0 Å². The topological polar surface area (TPSA) is 41.1 Å². The minimum Gasteiger partial charge on any atom is -0.338 e. The maximum Gasteiger partial charge on any atom is 0.318 e. The molecule has 0 atom stereocenters. The highest BCUT2D eigenvalue weighted by Crippen LogP contribution is 1.88. The summed E-state index contributed by atoms with van der Waals surface area (Å²) < 4.78 is 0. The predicted molar refractivity (Wildman–Crippen MR) is 51.0 cm³/mol. The maximum atomic E-state index is 10.9.